The molecular formula is C13H18N2O2. The van der Waals surface area contributed by atoms with Crippen LogP contribution < -0.4 is 10.2 Å². The third-order valence-electron chi connectivity index (χ3n) is 3.08. The van der Waals surface area contributed by atoms with Gasteiger partial charge in [-0.3, -0.25) is 4.90 Å². The number of hydrogen-bond acceptors (Lipinski definition) is 3. The molecule has 0 spiro atoms. The number of nitrogens with one attached hydrogen (secondary N) is 1. The topological polar surface area (TPSA) is 41.6 Å². The number of piperidine rings is 1. The maximum Gasteiger partial charge on any atom is 0.414 e. The monoisotopic (exact) mass is 234 g/mol. The number of hydrogen-bond donors (Lipinski definition) is 1. The second-order valence-corrected chi connectivity index (χ2v) is 4.16. The van der Waals surface area contributed by atoms with Gasteiger partial charge in [0, 0.05) is 11.7 Å². The standard InChI is InChI=1S/C13H18N2O2/c1-17-13(16)15(11-5-3-2-4-6-11)12-7-9-14-10-8-12/h2-6,12,14H,7-10H2,1H3. The highest BCUT2D eigenvalue weighted by atomic mass is 16.5. The van der Waals surface area contributed by atoms with Crippen molar-refractivity contribution in [2.75, 3.05) is 25.1 Å². The number of para-hydroxylation sites is 1. The molecule has 1 heterocycles. The molecule has 1 aromatic rings. The summed E-state index contributed by atoms with van der Waals surface area (Å²) in [6, 6.07) is 9.93. The van der Waals surface area contributed by atoms with Crippen molar-refractivity contribution in [3.63, 3.8) is 0 Å². The van der Waals surface area contributed by atoms with E-state index in [1.165, 1.54) is 7.11 Å². The van der Waals surface area contributed by atoms with E-state index in [0.717, 1.165) is 31.6 Å². The lowest BCUT2D eigenvalue weighted by Gasteiger charge is -2.33. The van der Waals surface area contributed by atoms with E-state index >= 15 is 0 Å². The highest BCUT2D eigenvalue weighted by Gasteiger charge is 2.27. The molecule has 1 aliphatic rings. The third-order valence-corrected chi connectivity index (χ3v) is 3.08. The zero-order valence-corrected chi connectivity index (χ0v) is 10.1. The van der Waals surface area contributed by atoms with Gasteiger partial charge in [-0.25, -0.2) is 4.79 Å². The second-order valence-electron chi connectivity index (χ2n) is 4.16. The largest absolute Gasteiger partial charge is 0.452 e. The van der Waals surface area contributed by atoms with Crippen LogP contribution >= 0.6 is 0 Å². The van der Waals surface area contributed by atoms with Gasteiger partial charge >= 0.3 is 6.09 Å². The van der Waals surface area contributed by atoms with Crippen molar-refractivity contribution in [1.29, 1.82) is 0 Å². The Morgan fingerprint density at radius 2 is 1.94 bits per heavy atom. The lowest BCUT2D eigenvalue weighted by molar-refractivity contribution is 0.174. The van der Waals surface area contributed by atoms with Crippen molar-refractivity contribution in [1.82, 2.24) is 5.32 Å². The molecule has 1 N–H and O–H groups in total. The van der Waals surface area contributed by atoms with E-state index in [0.29, 0.717) is 0 Å². The Morgan fingerprint density at radius 3 is 2.53 bits per heavy atom. The minimum atomic E-state index is -0.275. The quantitative estimate of drug-likeness (QED) is 0.851. The van der Waals surface area contributed by atoms with E-state index in [1.807, 2.05) is 30.3 Å². The van der Waals surface area contributed by atoms with Gasteiger partial charge in [-0.15, -0.1) is 0 Å². The molecule has 0 unspecified atom stereocenters. The predicted molar refractivity (Wildman–Crippen MR) is 67.2 cm³/mol. The molecule has 0 aliphatic carbocycles. The van der Waals surface area contributed by atoms with Crippen LogP contribution in [0.15, 0.2) is 30.3 Å². The average Bonchev–Trinajstić information content (AvgIpc) is 2.41. The molecule has 4 nitrogen and oxygen atoms in total. The van der Waals surface area contributed by atoms with E-state index in [2.05, 4.69) is 5.32 Å². The summed E-state index contributed by atoms with van der Waals surface area (Å²) in [7, 11) is 1.43. The zero-order chi connectivity index (χ0) is 12.1. The minimum absolute atomic E-state index is 0.228. The van der Waals surface area contributed by atoms with Gasteiger partial charge in [-0.05, 0) is 38.1 Å². The minimum Gasteiger partial charge on any atom is -0.452 e. The van der Waals surface area contributed by atoms with E-state index in [1.54, 1.807) is 4.90 Å². The Bertz CT molecular complexity index is 361. The number of ether oxygens (including phenoxy) is 1. The number of benzene rings is 1. The predicted octanol–water partition coefficient (Wildman–Crippen LogP) is 2.01. The fourth-order valence-corrected chi connectivity index (χ4v) is 2.22. The SMILES string of the molecule is COC(=O)N(c1ccccc1)C1CCNCC1. The molecule has 1 fully saturated rings. The van der Waals surface area contributed by atoms with E-state index in [-0.39, 0.29) is 12.1 Å². The molecule has 4 heteroatoms. The van der Waals surface area contributed by atoms with Crippen molar-refractivity contribution >= 4 is 11.8 Å². The van der Waals surface area contributed by atoms with Crippen LogP contribution in [0.5, 0.6) is 0 Å². The first-order chi connectivity index (χ1) is 8.33. The van der Waals surface area contributed by atoms with Crippen LogP contribution in [-0.2, 0) is 4.74 Å². The highest BCUT2D eigenvalue weighted by Crippen LogP contribution is 2.22. The maximum absolute atomic E-state index is 11.9. The van der Waals surface area contributed by atoms with E-state index < -0.39 is 0 Å². The van der Waals surface area contributed by atoms with Gasteiger partial charge in [0.15, 0.2) is 0 Å². The van der Waals surface area contributed by atoms with Crippen LogP contribution in [-0.4, -0.2) is 32.3 Å². The molecule has 1 aromatic carbocycles. The van der Waals surface area contributed by atoms with Gasteiger partial charge in [-0.1, -0.05) is 18.2 Å². The van der Waals surface area contributed by atoms with Gasteiger partial charge in [-0.2, -0.15) is 0 Å². The van der Waals surface area contributed by atoms with Gasteiger partial charge in [0.2, 0.25) is 0 Å². The Morgan fingerprint density at radius 1 is 1.29 bits per heavy atom. The summed E-state index contributed by atoms with van der Waals surface area (Å²) in [6.07, 6.45) is 1.65. The lowest BCUT2D eigenvalue weighted by Crippen LogP contribution is -2.46. The molecule has 1 saturated heterocycles. The number of anilines is 1. The summed E-state index contributed by atoms with van der Waals surface area (Å²) in [5, 5.41) is 3.30. The first kappa shape index (κ1) is 11.9. The van der Waals surface area contributed by atoms with Gasteiger partial charge < -0.3 is 10.1 Å². The zero-order valence-electron chi connectivity index (χ0n) is 10.1. The molecule has 92 valence electrons. The Hall–Kier alpha value is -1.55. The van der Waals surface area contributed by atoms with Gasteiger partial charge in [0.1, 0.15) is 0 Å². The normalized spacial score (nSPS) is 16.5. The molecule has 0 saturated carbocycles. The van der Waals surface area contributed by atoms with E-state index in [9.17, 15) is 4.79 Å². The number of rotatable bonds is 2. The number of amides is 1. The van der Waals surface area contributed by atoms with Crippen LogP contribution in [0.2, 0.25) is 0 Å². The molecule has 1 amide bonds. The number of carbonyl (C=O) groups is 1. The smallest absolute Gasteiger partial charge is 0.414 e. The second kappa shape index (κ2) is 5.68. The summed E-state index contributed by atoms with van der Waals surface area (Å²) in [5.74, 6) is 0. The van der Waals surface area contributed by atoms with Crippen molar-refractivity contribution in [2.45, 2.75) is 18.9 Å². The first-order valence-electron chi connectivity index (χ1n) is 5.96. The molecule has 17 heavy (non-hydrogen) atoms. The van der Waals surface area contributed by atoms with Crippen LogP contribution in [0, 0.1) is 0 Å². The Balaban J connectivity index is 2.21. The summed E-state index contributed by atoms with van der Waals surface area (Å²) in [6.45, 7) is 1.90. The summed E-state index contributed by atoms with van der Waals surface area (Å²) in [4.78, 5) is 13.7. The summed E-state index contributed by atoms with van der Waals surface area (Å²) < 4.78 is 4.89. The molecule has 0 radical (unpaired) electrons. The highest BCUT2D eigenvalue weighted by molar-refractivity contribution is 5.88. The van der Waals surface area contributed by atoms with Crippen molar-refractivity contribution in [3.8, 4) is 0 Å². The van der Waals surface area contributed by atoms with Crippen molar-refractivity contribution in [3.05, 3.63) is 30.3 Å². The maximum atomic E-state index is 11.9. The molecular weight excluding hydrogens is 216 g/mol. The number of carbonyl (C=O) groups excluding carboxylic acids is 1. The molecule has 1 aliphatic heterocycles. The molecule has 0 bridgehead atoms. The van der Waals surface area contributed by atoms with Crippen LogP contribution in [0.3, 0.4) is 0 Å². The Kier molecular flexibility index (Phi) is 3.98. The fraction of sp³-hybridized carbons (Fsp3) is 0.462. The van der Waals surface area contributed by atoms with Gasteiger partial charge in [0.05, 0.1) is 7.11 Å². The van der Waals surface area contributed by atoms with Crippen LogP contribution in [0.4, 0.5) is 10.5 Å². The van der Waals surface area contributed by atoms with Gasteiger partial charge in [0.25, 0.3) is 0 Å². The number of methoxy groups -OCH3 is 1. The van der Waals surface area contributed by atoms with E-state index in [4.69, 9.17) is 4.74 Å². The average molecular weight is 234 g/mol. The van der Waals surface area contributed by atoms with Crippen molar-refractivity contribution in [2.24, 2.45) is 0 Å². The first-order valence-corrected chi connectivity index (χ1v) is 5.96. The van der Waals surface area contributed by atoms with Crippen LogP contribution in [0.1, 0.15) is 12.8 Å². The van der Waals surface area contributed by atoms with Crippen molar-refractivity contribution < 1.29 is 9.53 Å². The fourth-order valence-electron chi connectivity index (χ4n) is 2.22. The molecule has 0 aromatic heterocycles. The number of nitrogens with zero attached hydrogens (tertiary/aromatic N) is 1. The lowest BCUT2D eigenvalue weighted by atomic mass is 10.0. The van der Waals surface area contributed by atoms with Crippen LogP contribution in [0.25, 0.3) is 0 Å². The molecule has 2 rings (SSSR count). The summed E-state index contributed by atoms with van der Waals surface area (Å²) >= 11 is 0. The Labute approximate surface area is 102 Å². The summed E-state index contributed by atoms with van der Waals surface area (Å²) in [5.41, 5.74) is 0.909. The third kappa shape index (κ3) is 2.77. The molecule has 0 atom stereocenters.